The van der Waals surface area contributed by atoms with Crippen molar-refractivity contribution in [2.45, 2.75) is 0 Å². The standard InChI is InChI=1S/C6H5.ClH.HI.Zn/c1-2-4-6-5-3-1;;;/h1-5H;2*1H;/q;;;+1/p-1. The van der Waals surface area contributed by atoms with Gasteiger partial charge in [-0.1, -0.05) is 0 Å². The molecule has 1 rings (SSSR count). The predicted octanol–water partition coefficient (Wildman–Crippen LogP) is 2.17. The summed E-state index contributed by atoms with van der Waals surface area (Å²) < 4.78 is 1.36. The normalized spacial score (nSPS) is 7.22. The van der Waals surface area contributed by atoms with Crippen LogP contribution in [0.15, 0.2) is 30.3 Å². The van der Waals surface area contributed by atoms with Crippen molar-refractivity contribution in [2.75, 3.05) is 0 Å². The van der Waals surface area contributed by atoms with Gasteiger partial charge in [-0.3, -0.25) is 0 Å². The van der Waals surface area contributed by atoms with Crippen molar-refractivity contribution >= 4 is 37.8 Å². The molecule has 0 aliphatic rings. The molecule has 0 aliphatic heterocycles. The van der Waals surface area contributed by atoms with Gasteiger partial charge in [0.05, 0.1) is 0 Å². The van der Waals surface area contributed by atoms with Gasteiger partial charge in [0.25, 0.3) is 0 Å². The van der Waals surface area contributed by atoms with Gasteiger partial charge in [-0.05, 0) is 0 Å². The summed E-state index contributed by atoms with van der Waals surface area (Å²) >= 11 is -0.803. The third kappa shape index (κ3) is 3.54. The number of benzene rings is 1. The molecule has 0 saturated carbocycles. The Kier molecular flexibility index (Phi) is 6.17. The van der Waals surface area contributed by atoms with Gasteiger partial charge < -0.3 is 0 Å². The number of hydrogen-bond donors (Lipinski definition) is 0. The van der Waals surface area contributed by atoms with E-state index in [1.165, 1.54) is 4.16 Å². The summed E-state index contributed by atoms with van der Waals surface area (Å²) in [6.07, 6.45) is 0. The van der Waals surface area contributed by atoms with E-state index >= 15 is 0 Å². The van der Waals surface area contributed by atoms with E-state index in [1.54, 1.807) is 0 Å². The molecule has 9 heavy (non-hydrogen) atoms. The third-order valence-corrected chi connectivity index (χ3v) is 4.24. The van der Waals surface area contributed by atoms with Crippen LogP contribution in [0.5, 0.6) is 0 Å². The summed E-state index contributed by atoms with van der Waals surface area (Å²) in [5, 5.41) is 0. The zero-order chi connectivity index (χ0) is 5.82. The van der Waals surface area contributed by atoms with Crippen molar-refractivity contribution in [3.8, 4) is 0 Å². The molecular weight excluding hydrogens is 300 g/mol. The van der Waals surface area contributed by atoms with Gasteiger partial charge in [-0.15, -0.1) is 24.0 Å². The summed E-state index contributed by atoms with van der Waals surface area (Å²) in [7, 11) is 5.71. The molecular formula is C6H6ClIZn. The Bertz CT molecular complexity index is 154. The van der Waals surface area contributed by atoms with Crippen LogP contribution in [-0.4, -0.2) is 0 Å². The predicted molar refractivity (Wildman–Crippen MR) is 47.3 cm³/mol. The zero-order valence-corrected chi connectivity index (χ0v) is 10.9. The molecule has 0 radical (unpaired) electrons. The Morgan fingerprint density at radius 1 is 1.11 bits per heavy atom. The maximum absolute atomic E-state index is 5.71. The molecule has 0 amide bonds. The molecule has 0 nitrogen and oxygen atoms in total. The fourth-order valence-corrected chi connectivity index (χ4v) is 2.44. The molecule has 0 spiro atoms. The van der Waals surface area contributed by atoms with Crippen molar-refractivity contribution < 1.29 is 16.1 Å². The molecule has 1 aromatic rings. The molecule has 0 fully saturated rings. The molecule has 0 saturated heterocycles. The topological polar surface area (TPSA) is 0 Å². The van der Waals surface area contributed by atoms with Gasteiger partial charge in [0.15, 0.2) is 0 Å². The SMILES string of the molecule is I.[Cl][Zn][c]1ccccc1. The van der Waals surface area contributed by atoms with E-state index in [4.69, 9.17) is 9.69 Å². The summed E-state index contributed by atoms with van der Waals surface area (Å²) in [5.41, 5.74) is 0. The van der Waals surface area contributed by atoms with E-state index < -0.39 is 16.1 Å². The van der Waals surface area contributed by atoms with Gasteiger partial charge in [0, 0.05) is 0 Å². The van der Waals surface area contributed by atoms with Crippen molar-refractivity contribution in [1.29, 1.82) is 0 Å². The minimum atomic E-state index is -0.803. The third-order valence-electron chi connectivity index (χ3n) is 0.997. The van der Waals surface area contributed by atoms with Gasteiger partial charge in [0.1, 0.15) is 0 Å². The Morgan fingerprint density at radius 3 is 2.00 bits per heavy atom. The maximum atomic E-state index is 5.71. The molecule has 46 valence electrons. The summed E-state index contributed by atoms with van der Waals surface area (Å²) in [5.74, 6) is 0. The molecule has 0 atom stereocenters. The molecule has 0 heterocycles. The second-order valence-corrected chi connectivity index (χ2v) is 5.28. The monoisotopic (exact) mass is 304 g/mol. The average molecular weight is 306 g/mol. The van der Waals surface area contributed by atoms with E-state index in [0.717, 1.165) is 0 Å². The van der Waals surface area contributed by atoms with Gasteiger partial charge in [-0.25, -0.2) is 0 Å². The van der Waals surface area contributed by atoms with E-state index in [0.29, 0.717) is 0 Å². The molecule has 0 bridgehead atoms. The first kappa shape index (κ1) is 9.86. The van der Waals surface area contributed by atoms with Crippen LogP contribution in [0.3, 0.4) is 0 Å². The molecule has 0 unspecified atom stereocenters. The van der Waals surface area contributed by atoms with Crippen LogP contribution >= 0.6 is 33.7 Å². The average Bonchev–Trinajstić information content (AvgIpc) is 1.90. The van der Waals surface area contributed by atoms with Crippen LogP contribution in [0.4, 0.5) is 0 Å². The second kappa shape index (κ2) is 5.63. The molecule has 0 aliphatic carbocycles. The van der Waals surface area contributed by atoms with Crippen molar-refractivity contribution in [1.82, 2.24) is 0 Å². The van der Waals surface area contributed by atoms with Crippen molar-refractivity contribution in [3.05, 3.63) is 30.3 Å². The second-order valence-electron chi connectivity index (χ2n) is 1.62. The van der Waals surface area contributed by atoms with E-state index in [1.807, 2.05) is 18.2 Å². The van der Waals surface area contributed by atoms with Gasteiger partial charge in [-0.2, -0.15) is 0 Å². The summed E-state index contributed by atoms with van der Waals surface area (Å²) in [4.78, 5) is 0. The van der Waals surface area contributed by atoms with Gasteiger partial charge >= 0.3 is 60.3 Å². The first-order valence-corrected chi connectivity index (χ1v) is 7.91. The number of halogens is 2. The van der Waals surface area contributed by atoms with Crippen LogP contribution in [0.25, 0.3) is 0 Å². The molecule has 0 N–H and O–H groups in total. The first-order chi connectivity index (χ1) is 3.93. The van der Waals surface area contributed by atoms with Crippen molar-refractivity contribution in [3.63, 3.8) is 0 Å². The minimum absolute atomic E-state index is 0. The van der Waals surface area contributed by atoms with E-state index in [-0.39, 0.29) is 24.0 Å². The fraction of sp³-hybridized carbons (Fsp3) is 0. The van der Waals surface area contributed by atoms with Crippen molar-refractivity contribution in [2.24, 2.45) is 0 Å². The molecule has 1 aromatic carbocycles. The number of hydrogen-bond acceptors (Lipinski definition) is 0. The van der Waals surface area contributed by atoms with Crippen LogP contribution in [0, 0.1) is 0 Å². The number of rotatable bonds is 1. The van der Waals surface area contributed by atoms with Crippen LogP contribution < -0.4 is 4.16 Å². The fourth-order valence-electron chi connectivity index (χ4n) is 0.567. The zero-order valence-electron chi connectivity index (χ0n) is 4.88. The molecule has 0 aromatic heterocycles. The first-order valence-electron chi connectivity index (χ1n) is 2.53. The summed E-state index contributed by atoms with van der Waals surface area (Å²) in [6, 6.07) is 10.3. The van der Waals surface area contributed by atoms with E-state index in [2.05, 4.69) is 12.1 Å². The molecule has 3 heteroatoms. The Balaban J connectivity index is 0.000000640. The van der Waals surface area contributed by atoms with Gasteiger partial charge in [0.2, 0.25) is 0 Å². The van der Waals surface area contributed by atoms with Crippen LogP contribution in [0.2, 0.25) is 0 Å². The Morgan fingerprint density at radius 2 is 1.67 bits per heavy atom. The van der Waals surface area contributed by atoms with E-state index in [9.17, 15) is 0 Å². The van der Waals surface area contributed by atoms with Crippen LogP contribution in [0.1, 0.15) is 0 Å². The van der Waals surface area contributed by atoms with Crippen LogP contribution in [-0.2, 0) is 16.1 Å². The summed E-state index contributed by atoms with van der Waals surface area (Å²) in [6.45, 7) is 0. The quantitative estimate of drug-likeness (QED) is 0.551. The Hall–Kier alpha value is 0.863. The Labute approximate surface area is 83.6 Å².